The summed E-state index contributed by atoms with van der Waals surface area (Å²) in [6.45, 7) is 0. The van der Waals surface area contributed by atoms with Crippen molar-refractivity contribution >= 4 is 17.9 Å². The van der Waals surface area contributed by atoms with Crippen molar-refractivity contribution < 1.29 is 9.90 Å². The van der Waals surface area contributed by atoms with E-state index in [2.05, 4.69) is 0 Å². The van der Waals surface area contributed by atoms with E-state index in [0.717, 1.165) is 0 Å². The van der Waals surface area contributed by atoms with Crippen LogP contribution in [0, 0.1) is 0 Å². The van der Waals surface area contributed by atoms with Crippen LogP contribution in [0.5, 0.6) is 0 Å². The lowest BCUT2D eigenvalue weighted by Crippen LogP contribution is -2.19. The molecule has 44 valence electrons. The van der Waals surface area contributed by atoms with E-state index < -0.39 is 6.09 Å². The zero-order valence-corrected chi connectivity index (χ0v) is 4.89. The predicted octanol–water partition coefficient (Wildman–Crippen LogP) is 1.14. The molecule has 1 rings (SSSR count). The lowest BCUT2D eigenvalue weighted by molar-refractivity contribution is 0.169. The van der Waals surface area contributed by atoms with Crippen LogP contribution in [0.4, 0.5) is 4.79 Å². The Hall–Kier alpha value is -0.640. The van der Waals surface area contributed by atoms with Gasteiger partial charge in [-0.25, -0.2) is 4.79 Å². The Bertz CT molecular complexity index is 134. The lowest BCUT2D eigenvalue weighted by Gasteiger charge is -2.04. The van der Waals surface area contributed by atoms with Crippen molar-refractivity contribution in [1.82, 2.24) is 4.90 Å². The van der Waals surface area contributed by atoms with Crippen molar-refractivity contribution in [3.05, 3.63) is 11.6 Å². The second kappa shape index (κ2) is 2.09. The Kier molecular flexibility index (Phi) is 1.43. The highest BCUT2D eigenvalue weighted by molar-refractivity contribution is 8.02. The molecule has 1 heterocycles. The maximum atomic E-state index is 10.1. The molecule has 1 amide bonds. The number of hydrogen-bond donors (Lipinski definition) is 1. The molecule has 0 aromatic heterocycles. The molecule has 0 bridgehead atoms. The van der Waals surface area contributed by atoms with E-state index >= 15 is 0 Å². The third-order valence-corrected chi connectivity index (χ3v) is 1.54. The fourth-order valence-corrected chi connectivity index (χ4v) is 1.08. The molecular formula is C4H5NO2S. The van der Waals surface area contributed by atoms with Gasteiger partial charge in [0.05, 0.1) is 5.88 Å². The Morgan fingerprint density at radius 3 is 2.88 bits per heavy atom. The molecule has 0 saturated heterocycles. The number of carboxylic acid groups (broad SMARTS) is 1. The van der Waals surface area contributed by atoms with E-state index in [9.17, 15) is 4.79 Å². The van der Waals surface area contributed by atoms with Gasteiger partial charge in [-0.1, -0.05) is 0 Å². The molecule has 1 aliphatic rings. The minimum atomic E-state index is -0.883. The fourth-order valence-electron chi connectivity index (χ4n) is 0.402. The number of nitrogens with zero attached hydrogens (tertiary/aromatic N) is 1. The van der Waals surface area contributed by atoms with Crippen LogP contribution in [0.3, 0.4) is 0 Å². The van der Waals surface area contributed by atoms with Crippen molar-refractivity contribution in [2.24, 2.45) is 0 Å². The molecular weight excluding hydrogens is 126 g/mol. The minimum absolute atomic E-state index is 0.537. The van der Waals surface area contributed by atoms with Crippen LogP contribution >= 0.6 is 11.8 Å². The molecule has 0 radical (unpaired) electrons. The molecule has 0 aromatic rings. The Labute approximate surface area is 51.0 Å². The summed E-state index contributed by atoms with van der Waals surface area (Å²) in [5, 5.41) is 10.0. The Morgan fingerprint density at radius 1 is 1.88 bits per heavy atom. The van der Waals surface area contributed by atoms with Crippen LogP contribution in [0.2, 0.25) is 0 Å². The van der Waals surface area contributed by atoms with Gasteiger partial charge in [0.1, 0.15) is 0 Å². The molecule has 0 aromatic carbocycles. The third kappa shape index (κ3) is 0.949. The average Bonchev–Trinajstić information content (AvgIpc) is 2.12. The molecule has 1 N–H and O–H groups in total. The number of amides is 1. The normalized spacial score (nSPS) is 17.2. The van der Waals surface area contributed by atoms with Crippen LogP contribution in [-0.4, -0.2) is 22.0 Å². The van der Waals surface area contributed by atoms with E-state index in [0.29, 0.717) is 5.88 Å². The zero-order valence-electron chi connectivity index (χ0n) is 4.07. The van der Waals surface area contributed by atoms with Gasteiger partial charge in [0.25, 0.3) is 0 Å². The maximum absolute atomic E-state index is 10.1. The number of hydrogen-bond acceptors (Lipinski definition) is 2. The molecule has 1 aliphatic heterocycles. The predicted molar refractivity (Wildman–Crippen MR) is 31.5 cm³/mol. The van der Waals surface area contributed by atoms with E-state index in [-0.39, 0.29) is 0 Å². The van der Waals surface area contributed by atoms with Crippen molar-refractivity contribution in [3.8, 4) is 0 Å². The number of rotatable bonds is 0. The standard InChI is InChI=1S/C4H5NO2S/c6-4(7)5-1-2-8-3-5/h1-2H,3H2,(H,6,7). The van der Waals surface area contributed by atoms with Crippen molar-refractivity contribution in [2.75, 3.05) is 5.88 Å². The van der Waals surface area contributed by atoms with Gasteiger partial charge >= 0.3 is 6.09 Å². The monoisotopic (exact) mass is 131 g/mol. The van der Waals surface area contributed by atoms with Gasteiger partial charge in [0, 0.05) is 6.20 Å². The molecule has 0 saturated carbocycles. The molecule has 4 heteroatoms. The first-order chi connectivity index (χ1) is 3.80. The average molecular weight is 131 g/mol. The van der Waals surface area contributed by atoms with Crippen molar-refractivity contribution in [3.63, 3.8) is 0 Å². The van der Waals surface area contributed by atoms with Crippen LogP contribution in [0.15, 0.2) is 11.6 Å². The van der Waals surface area contributed by atoms with Crippen LogP contribution in [-0.2, 0) is 0 Å². The maximum Gasteiger partial charge on any atom is 0.412 e. The summed E-state index contributed by atoms with van der Waals surface area (Å²) >= 11 is 1.48. The molecule has 3 nitrogen and oxygen atoms in total. The van der Waals surface area contributed by atoms with E-state index in [1.54, 1.807) is 11.6 Å². The Morgan fingerprint density at radius 2 is 2.62 bits per heavy atom. The lowest BCUT2D eigenvalue weighted by atomic mass is 10.8. The first-order valence-electron chi connectivity index (χ1n) is 2.08. The second-order valence-electron chi connectivity index (χ2n) is 1.33. The molecule has 0 unspecified atom stereocenters. The quantitative estimate of drug-likeness (QED) is 0.536. The summed E-state index contributed by atoms with van der Waals surface area (Å²) in [6.07, 6.45) is 0.666. The fraction of sp³-hybridized carbons (Fsp3) is 0.250. The highest BCUT2D eigenvalue weighted by atomic mass is 32.2. The van der Waals surface area contributed by atoms with Crippen molar-refractivity contribution in [1.29, 1.82) is 0 Å². The van der Waals surface area contributed by atoms with Gasteiger partial charge in [-0.2, -0.15) is 0 Å². The molecule has 0 aliphatic carbocycles. The Balaban J connectivity index is 2.48. The van der Waals surface area contributed by atoms with Crippen LogP contribution in [0.25, 0.3) is 0 Å². The largest absolute Gasteiger partial charge is 0.465 e. The van der Waals surface area contributed by atoms with Crippen LogP contribution < -0.4 is 0 Å². The zero-order chi connectivity index (χ0) is 5.98. The highest BCUT2D eigenvalue weighted by Gasteiger charge is 2.10. The summed E-state index contributed by atoms with van der Waals surface area (Å²) in [5.74, 6) is 0.537. The first-order valence-corrected chi connectivity index (χ1v) is 3.13. The van der Waals surface area contributed by atoms with Gasteiger partial charge in [-0.3, -0.25) is 4.90 Å². The highest BCUT2D eigenvalue weighted by Crippen LogP contribution is 2.14. The summed E-state index contributed by atoms with van der Waals surface area (Å²) < 4.78 is 0. The van der Waals surface area contributed by atoms with E-state index in [1.165, 1.54) is 16.7 Å². The first kappa shape index (κ1) is 5.50. The summed E-state index contributed by atoms with van der Waals surface area (Å²) in [7, 11) is 0. The van der Waals surface area contributed by atoms with Gasteiger partial charge in [0.2, 0.25) is 0 Å². The van der Waals surface area contributed by atoms with E-state index in [4.69, 9.17) is 5.11 Å². The topological polar surface area (TPSA) is 40.5 Å². The molecule has 0 fully saturated rings. The third-order valence-electron chi connectivity index (χ3n) is 0.796. The van der Waals surface area contributed by atoms with Gasteiger partial charge in [-0.05, 0) is 5.41 Å². The van der Waals surface area contributed by atoms with Crippen molar-refractivity contribution in [2.45, 2.75) is 0 Å². The van der Waals surface area contributed by atoms with Gasteiger partial charge in [-0.15, -0.1) is 11.8 Å². The summed E-state index contributed by atoms with van der Waals surface area (Å²) in [4.78, 5) is 11.3. The molecule has 8 heavy (non-hydrogen) atoms. The van der Waals surface area contributed by atoms with Gasteiger partial charge in [0.15, 0.2) is 0 Å². The number of carbonyl (C=O) groups is 1. The molecule has 0 spiro atoms. The van der Waals surface area contributed by atoms with E-state index in [1.807, 2.05) is 0 Å². The smallest absolute Gasteiger partial charge is 0.412 e. The SMILES string of the molecule is O=C(O)N1C=CSC1. The number of thioether (sulfide) groups is 1. The summed E-state index contributed by atoms with van der Waals surface area (Å²) in [5.41, 5.74) is 0. The summed E-state index contributed by atoms with van der Waals surface area (Å²) in [6, 6.07) is 0. The van der Waals surface area contributed by atoms with Gasteiger partial charge < -0.3 is 5.11 Å². The molecule has 0 atom stereocenters. The minimum Gasteiger partial charge on any atom is -0.465 e. The van der Waals surface area contributed by atoms with Crippen LogP contribution in [0.1, 0.15) is 0 Å². The second-order valence-corrected chi connectivity index (χ2v) is 2.20.